The van der Waals surface area contributed by atoms with Crippen LogP contribution in [-0.4, -0.2) is 24.6 Å². The maximum atomic E-state index is 4.39. The lowest BCUT2D eigenvalue weighted by molar-refractivity contribution is 0.922. The number of rotatable bonds is 2. The van der Waals surface area contributed by atoms with Crippen molar-refractivity contribution in [1.29, 1.82) is 0 Å². The summed E-state index contributed by atoms with van der Waals surface area (Å²) in [6.07, 6.45) is 1.76. The number of thiazole rings is 1. The van der Waals surface area contributed by atoms with Gasteiger partial charge in [-0.25, -0.2) is 9.97 Å². The van der Waals surface area contributed by atoms with E-state index < -0.39 is 0 Å². The Bertz CT molecular complexity index is 911. The minimum absolute atomic E-state index is 0.755. The number of hydrogen-bond acceptors (Lipinski definition) is 6. The molecule has 4 aromatic rings. The summed E-state index contributed by atoms with van der Waals surface area (Å²) in [5.74, 6) is 0.755. The number of aryl methyl sites for hydroxylation is 1. The standard InChI is InChI=1S/C13H9N5S2/c1-8-14-7-6-11(15-8)20-13-17-16-12-18(13)9-4-2-3-5-10(9)19-12/h2-7H,1H3. The largest absolute Gasteiger partial charge is 0.260 e. The first-order chi connectivity index (χ1) is 9.81. The number of hydrogen-bond donors (Lipinski definition) is 0. The van der Waals surface area contributed by atoms with E-state index >= 15 is 0 Å². The zero-order chi connectivity index (χ0) is 13.5. The van der Waals surface area contributed by atoms with Gasteiger partial charge >= 0.3 is 0 Å². The number of benzene rings is 1. The molecule has 0 spiro atoms. The number of nitrogens with zero attached hydrogens (tertiary/aromatic N) is 5. The van der Waals surface area contributed by atoms with Crippen molar-refractivity contribution in [3.05, 3.63) is 42.4 Å². The predicted molar refractivity (Wildman–Crippen MR) is 79.3 cm³/mol. The highest BCUT2D eigenvalue weighted by Gasteiger charge is 2.13. The van der Waals surface area contributed by atoms with Crippen LogP contribution in [0.15, 0.2) is 46.7 Å². The number of para-hydroxylation sites is 1. The van der Waals surface area contributed by atoms with Crippen LogP contribution in [0.3, 0.4) is 0 Å². The smallest absolute Gasteiger partial charge is 0.217 e. The molecule has 0 aliphatic rings. The van der Waals surface area contributed by atoms with Gasteiger partial charge in [-0.05, 0) is 36.9 Å². The van der Waals surface area contributed by atoms with Gasteiger partial charge in [0.1, 0.15) is 10.9 Å². The molecule has 0 aliphatic heterocycles. The summed E-state index contributed by atoms with van der Waals surface area (Å²) in [5.41, 5.74) is 1.13. The van der Waals surface area contributed by atoms with Crippen molar-refractivity contribution in [3.8, 4) is 0 Å². The molecule has 1 aromatic carbocycles. The van der Waals surface area contributed by atoms with Crippen LogP contribution in [-0.2, 0) is 0 Å². The average molecular weight is 299 g/mol. The number of aromatic nitrogens is 5. The van der Waals surface area contributed by atoms with Crippen molar-refractivity contribution >= 4 is 38.3 Å². The van der Waals surface area contributed by atoms with Gasteiger partial charge in [0.15, 0.2) is 0 Å². The van der Waals surface area contributed by atoms with E-state index in [1.54, 1.807) is 17.5 Å². The molecule has 3 heterocycles. The minimum atomic E-state index is 0.755. The highest BCUT2D eigenvalue weighted by atomic mass is 32.2. The Morgan fingerprint density at radius 1 is 1.15 bits per heavy atom. The molecule has 0 aliphatic carbocycles. The van der Waals surface area contributed by atoms with E-state index in [0.717, 1.165) is 26.5 Å². The van der Waals surface area contributed by atoms with Gasteiger partial charge in [-0.1, -0.05) is 23.5 Å². The molecule has 0 bridgehead atoms. The third-order valence-electron chi connectivity index (χ3n) is 2.86. The molecular formula is C13H9N5S2. The maximum absolute atomic E-state index is 4.39. The van der Waals surface area contributed by atoms with E-state index in [0.29, 0.717) is 0 Å². The van der Waals surface area contributed by atoms with Crippen molar-refractivity contribution in [3.63, 3.8) is 0 Å². The molecule has 7 heteroatoms. The highest BCUT2D eigenvalue weighted by Crippen LogP contribution is 2.31. The van der Waals surface area contributed by atoms with Gasteiger partial charge in [0.2, 0.25) is 10.1 Å². The Balaban J connectivity index is 1.87. The van der Waals surface area contributed by atoms with E-state index in [4.69, 9.17) is 0 Å². The second-order valence-corrected chi connectivity index (χ2v) is 6.21. The lowest BCUT2D eigenvalue weighted by atomic mass is 10.3. The molecule has 0 saturated carbocycles. The fraction of sp³-hybridized carbons (Fsp3) is 0.0769. The average Bonchev–Trinajstić information content (AvgIpc) is 2.99. The normalized spacial score (nSPS) is 11.4. The first-order valence-corrected chi connectivity index (χ1v) is 7.65. The summed E-state index contributed by atoms with van der Waals surface area (Å²) >= 11 is 3.14. The molecule has 0 fully saturated rings. The van der Waals surface area contributed by atoms with Gasteiger partial charge in [-0.15, -0.1) is 10.2 Å². The fourth-order valence-electron chi connectivity index (χ4n) is 2.01. The number of fused-ring (bicyclic) bond motifs is 3. The Kier molecular flexibility index (Phi) is 2.68. The highest BCUT2D eigenvalue weighted by molar-refractivity contribution is 7.99. The van der Waals surface area contributed by atoms with E-state index in [9.17, 15) is 0 Å². The lowest BCUT2D eigenvalue weighted by Crippen LogP contribution is -1.90. The van der Waals surface area contributed by atoms with Crippen LogP contribution in [0, 0.1) is 6.92 Å². The summed E-state index contributed by atoms with van der Waals surface area (Å²) < 4.78 is 3.28. The van der Waals surface area contributed by atoms with Gasteiger partial charge in [0, 0.05) is 6.20 Å². The molecule has 20 heavy (non-hydrogen) atoms. The SMILES string of the molecule is Cc1nccc(Sc2nnc3sc4ccccc4n23)n1. The van der Waals surface area contributed by atoms with Crippen LogP contribution in [0.4, 0.5) is 0 Å². The zero-order valence-corrected chi connectivity index (χ0v) is 12.1. The lowest BCUT2D eigenvalue weighted by Gasteiger charge is -1.99. The van der Waals surface area contributed by atoms with Crippen LogP contribution < -0.4 is 0 Å². The van der Waals surface area contributed by atoms with Crippen LogP contribution in [0.1, 0.15) is 5.82 Å². The topological polar surface area (TPSA) is 56.0 Å². The Morgan fingerprint density at radius 3 is 2.95 bits per heavy atom. The summed E-state index contributed by atoms with van der Waals surface area (Å²) in [6, 6.07) is 10.1. The molecule has 98 valence electrons. The monoisotopic (exact) mass is 299 g/mol. The molecule has 0 unspecified atom stereocenters. The van der Waals surface area contributed by atoms with Crippen molar-refractivity contribution in [1.82, 2.24) is 24.6 Å². The molecule has 0 radical (unpaired) electrons. The van der Waals surface area contributed by atoms with Crippen LogP contribution in [0.25, 0.3) is 15.2 Å². The Hall–Kier alpha value is -1.99. The molecule has 0 amide bonds. The van der Waals surface area contributed by atoms with Gasteiger partial charge in [-0.2, -0.15) is 0 Å². The minimum Gasteiger partial charge on any atom is -0.260 e. The van der Waals surface area contributed by atoms with Gasteiger partial charge in [0.05, 0.1) is 10.2 Å². The third-order valence-corrected chi connectivity index (χ3v) is 4.75. The van der Waals surface area contributed by atoms with Crippen molar-refractivity contribution in [2.45, 2.75) is 17.1 Å². The van der Waals surface area contributed by atoms with E-state index in [1.807, 2.05) is 25.1 Å². The molecular weight excluding hydrogens is 290 g/mol. The van der Waals surface area contributed by atoms with Crippen molar-refractivity contribution in [2.24, 2.45) is 0 Å². The molecule has 5 nitrogen and oxygen atoms in total. The van der Waals surface area contributed by atoms with Gasteiger partial charge in [-0.3, -0.25) is 4.40 Å². The van der Waals surface area contributed by atoms with Gasteiger partial charge < -0.3 is 0 Å². The van der Waals surface area contributed by atoms with Crippen molar-refractivity contribution < 1.29 is 0 Å². The summed E-state index contributed by atoms with van der Waals surface area (Å²) in [5, 5.41) is 10.2. The summed E-state index contributed by atoms with van der Waals surface area (Å²) in [6.45, 7) is 1.88. The summed E-state index contributed by atoms with van der Waals surface area (Å²) in [7, 11) is 0. The Morgan fingerprint density at radius 2 is 2.05 bits per heavy atom. The second kappa shape index (κ2) is 4.53. The first-order valence-electron chi connectivity index (χ1n) is 6.01. The molecule has 4 rings (SSSR count). The summed E-state index contributed by atoms with van der Waals surface area (Å²) in [4.78, 5) is 9.40. The van der Waals surface area contributed by atoms with Crippen LogP contribution in [0.5, 0.6) is 0 Å². The van der Waals surface area contributed by atoms with Crippen molar-refractivity contribution in [2.75, 3.05) is 0 Å². The quantitative estimate of drug-likeness (QED) is 0.532. The van der Waals surface area contributed by atoms with Crippen LogP contribution in [0.2, 0.25) is 0 Å². The molecule has 0 N–H and O–H groups in total. The van der Waals surface area contributed by atoms with E-state index in [1.165, 1.54) is 16.5 Å². The fourth-order valence-corrected chi connectivity index (χ4v) is 3.88. The first kappa shape index (κ1) is 11.8. The van der Waals surface area contributed by atoms with E-state index in [-0.39, 0.29) is 0 Å². The molecule has 0 atom stereocenters. The Labute approximate surface area is 122 Å². The zero-order valence-electron chi connectivity index (χ0n) is 10.5. The predicted octanol–water partition coefficient (Wildman–Crippen LogP) is 3.19. The van der Waals surface area contributed by atoms with E-state index in [2.05, 4.69) is 36.7 Å². The second-order valence-electron chi connectivity index (χ2n) is 4.21. The third kappa shape index (κ3) is 1.86. The molecule has 0 saturated heterocycles. The molecule has 3 aromatic heterocycles. The maximum Gasteiger partial charge on any atom is 0.217 e. The van der Waals surface area contributed by atoms with Gasteiger partial charge in [0.25, 0.3) is 0 Å². The van der Waals surface area contributed by atoms with Crippen LogP contribution >= 0.6 is 23.1 Å².